The molecule has 1 fully saturated rings. The Kier molecular flexibility index (Phi) is 4.99. The molecular weight excluding hydrogens is 266 g/mol. The van der Waals surface area contributed by atoms with E-state index in [4.69, 9.17) is 0 Å². The molecule has 1 N–H and O–H groups in total. The number of carbonyl (C=O) groups excluding carboxylic acids is 2. The number of rotatable bonds is 3. The average molecular weight is 289 g/mol. The van der Waals surface area contributed by atoms with Gasteiger partial charge in [-0.1, -0.05) is 24.5 Å². The Morgan fingerprint density at radius 3 is 2.76 bits per heavy atom. The van der Waals surface area contributed by atoms with Crippen molar-refractivity contribution in [1.82, 2.24) is 4.90 Å². The molecule has 21 heavy (non-hydrogen) atoms. The number of phenols is 1. The van der Waals surface area contributed by atoms with Crippen molar-refractivity contribution in [3.05, 3.63) is 29.3 Å². The number of likely N-dealkylation sites (tertiary alicyclic amines) is 1. The van der Waals surface area contributed by atoms with Crippen molar-refractivity contribution in [3.8, 4) is 5.75 Å². The van der Waals surface area contributed by atoms with E-state index in [2.05, 4.69) is 0 Å². The average Bonchev–Trinajstić information content (AvgIpc) is 2.65. The van der Waals surface area contributed by atoms with Crippen molar-refractivity contribution < 1.29 is 14.7 Å². The number of hydrogen-bond acceptors (Lipinski definition) is 3. The van der Waals surface area contributed by atoms with Gasteiger partial charge in [-0.3, -0.25) is 9.59 Å². The number of nitrogens with zero attached hydrogens (tertiary/aromatic N) is 1. The van der Waals surface area contributed by atoms with Crippen LogP contribution in [0, 0.1) is 6.92 Å². The Labute approximate surface area is 125 Å². The predicted octanol–water partition coefficient (Wildman–Crippen LogP) is 3.06. The molecule has 1 unspecified atom stereocenters. The molecule has 0 aliphatic carbocycles. The molecule has 1 amide bonds. The van der Waals surface area contributed by atoms with Crippen LogP contribution in [-0.2, 0) is 4.79 Å². The van der Waals surface area contributed by atoms with Gasteiger partial charge < -0.3 is 10.0 Å². The summed E-state index contributed by atoms with van der Waals surface area (Å²) in [5, 5.41) is 9.96. The fourth-order valence-electron chi connectivity index (χ4n) is 2.96. The first-order chi connectivity index (χ1) is 9.99. The molecule has 0 spiro atoms. The van der Waals surface area contributed by atoms with Gasteiger partial charge in [0.2, 0.25) is 0 Å². The van der Waals surface area contributed by atoms with E-state index in [1.54, 1.807) is 30.0 Å². The minimum Gasteiger partial charge on any atom is -0.507 e. The first-order valence-corrected chi connectivity index (χ1v) is 7.59. The number of aryl methyl sites for hydroxylation is 1. The lowest BCUT2D eigenvalue weighted by atomic mass is 10.0. The second kappa shape index (κ2) is 6.74. The summed E-state index contributed by atoms with van der Waals surface area (Å²) in [7, 11) is 0. The predicted molar refractivity (Wildman–Crippen MR) is 81.4 cm³/mol. The second-order valence-electron chi connectivity index (χ2n) is 5.93. The highest BCUT2D eigenvalue weighted by Gasteiger charge is 2.28. The molecule has 4 nitrogen and oxygen atoms in total. The first kappa shape index (κ1) is 15.5. The molecule has 1 aromatic rings. The zero-order valence-electron chi connectivity index (χ0n) is 12.8. The molecule has 1 heterocycles. The largest absolute Gasteiger partial charge is 0.507 e. The Morgan fingerprint density at radius 1 is 1.29 bits per heavy atom. The number of hydrogen-bond donors (Lipinski definition) is 1. The maximum absolute atomic E-state index is 12.8. The minimum absolute atomic E-state index is 0.0106. The molecule has 0 saturated carbocycles. The first-order valence-electron chi connectivity index (χ1n) is 7.59. The van der Waals surface area contributed by atoms with Crippen LogP contribution in [0.4, 0.5) is 0 Å². The van der Waals surface area contributed by atoms with E-state index >= 15 is 0 Å². The monoisotopic (exact) mass is 289 g/mol. The lowest BCUT2D eigenvalue weighted by Gasteiger charge is -2.30. The summed E-state index contributed by atoms with van der Waals surface area (Å²) in [6.45, 7) is 4.12. The van der Waals surface area contributed by atoms with E-state index in [0.717, 1.165) is 31.2 Å². The van der Waals surface area contributed by atoms with Crippen LogP contribution in [0.3, 0.4) is 0 Å². The van der Waals surface area contributed by atoms with E-state index in [0.29, 0.717) is 18.5 Å². The van der Waals surface area contributed by atoms with Crippen molar-refractivity contribution >= 4 is 11.7 Å². The quantitative estimate of drug-likeness (QED) is 0.930. The van der Waals surface area contributed by atoms with Crippen LogP contribution in [-0.4, -0.2) is 34.3 Å². The molecular formula is C17H23NO3. The fourth-order valence-corrected chi connectivity index (χ4v) is 2.96. The van der Waals surface area contributed by atoms with Gasteiger partial charge in [0.1, 0.15) is 11.5 Å². The number of benzene rings is 1. The number of phenolic OH excluding ortho intramolecular Hbond substituents is 1. The van der Waals surface area contributed by atoms with E-state index in [1.165, 1.54) is 0 Å². The second-order valence-corrected chi connectivity index (χ2v) is 5.93. The van der Waals surface area contributed by atoms with Crippen molar-refractivity contribution in [2.45, 2.75) is 52.0 Å². The van der Waals surface area contributed by atoms with E-state index in [1.807, 2.05) is 6.92 Å². The van der Waals surface area contributed by atoms with Crippen molar-refractivity contribution in [1.29, 1.82) is 0 Å². The highest BCUT2D eigenvalue weighted by atomic mass is 16.3. The SMILES string of the molecule is CC(=O)CC1CCCCCN1C(=O)c1cc(C)ccc1O. The van der Waals surface area contributed by atoms with Crippen molar-refractivity contribution in [2.24, 2.45) is 0 Å². The Bertz CT molecular complexity index is 539. The molecule has 2 rings (SSSR count). The van der Waals surface area contributed by atoms with Crippen LogP contribution < -0.4 is 0 Å². The maximum Gasteiger partial charge on any atom is 0.257 e. The van der Waals surface area contributed by atoms with Crippen molar-refractivity contribution in [2.75, 3.05) is 6.54 Å². The number of Topliss-reactive ketones (excluding diaryl/α,β-unsaturated/α-hetero) is 1. The van der Waals surface area contributed by atoms with Gasteiger partial charge in [0.15, 0.2) is 0 Å². The summed E-state index contributed by atoms with van der Waals surface area (Å²) in [4.78, 5) is 26.0. The molecule has 114 valence electrons. The van der Waals surface area contributed by atoms with Crippen LogP contribution in [0.15, 0.2) is 18.2 Å². The van der Waals surface area contributed by atoms with Crippen LogP contribution in [0.5, 0.6) is 5.75 Å². The van der Waals surface area contributed by atoms with Crippen LogP contribution in [0.25, 0.3) is 0 Å². The topological polar surface area (TPSA) is 57.6 Å². The third kappa shape index (κ3) is 3.84. The van der Waals surface area contributed by atoms with E-state index < -0.39 is 0 Å². The summed E-state index contributed by atoms with van der Waals surface area (Å²) < 4.78 is 0. The van der Waals surface area contributed by atoms with Crippen LogP contribution in [0.2, 0.25) is 0 Å². The van der Waals surface area contributed by atoms with Gasteiger partial charge in [0.25, 0.3) is 5.91 Å². The molecule has 0 radical (unpaired) electrons. The lowest BCUT2D eigenvalue weighted by Crippen LogP contribution is -2.41. The summed E-state index contributed by atoms with van der Waals surface area (Å²) in [5.74, 6) is -0.0473. The molecule has 1 aliphatic heterocycles. The minimum atomic E-state index is -0.163. The molecule has 4 heteroatoms. The van der Waals surface area contributed by atoms with E-state index in [9.17, 15) is 14.7 Å². The fraction of sp³-hybridized carbons (Fsp3) is 0.529. The van der Waals surface area contributed by atoms with Gasteiger partial charge in [0.05, 0.1) is 5.56 Å². The Morgan fingerprint density at radius 2 is 2.05 bits per heavy atom. The maximum atomic E-state index is 12.8. The molecule has 0 bridgehead atoms. The van der Waals surface area contributed by atoms with Gasteiger partial charge in [0, 0.05) is 19.0 Å². The smallest absolute Gasteiger partial charge is 0.257 e. The highest BCUT2D eigenvalue weighted by molar-refractivity contribution is 5.97. The summed E-state index contributed by atoms with van der Waals surface area (Å²) in [6.07, 6.45) is 4.34. The number of ketones is 1. The van der Waals surface area contributed by atoms with Gasteiger partial charge in [-0.15, -0.1) is 0 Å². The normalized spacial score (nSPS) is 19.1. The van der Waals surface area contributed by atoms with Gasteiger partial charge in [-0.2, -0.15) is 0 Å². The summed E-state index contributed by atoms with van der Waals surface area (Å²) in [5.41, 5.74) is 1.28. The van der Waals surface area contributed by atoms with Gasteiger partial charge in [-0.05, 0) is 38.8 Å². The van der Waals surface area contributed by atoms with Gasteiger partial charge >= 0.3 is 0 Å². The molecule has 1 saturated heterocycles. The lowest BCUT2D eigenvalue weighted by molar-refractivity contribution is -0.118. The molecule has 1 aromatic carbocycles. The third-order valence-electron chi connectivity index (χ3n) is 4.04. The number of aromatic hydroxyl groups is 1. The highest BCUT2D eigenvalue weighted by Crippen LogP contribution is 2.26. The third-order valence-corrected chi connectivity index (χ3v) is 4.04. The zero-order valence-corrected chi connectivity index (χ0v) is 12.8. The van der Waals surface area contributed by atoms with Crippen LogP contribution >= 0.6 is 0 Å². The molecule has 1 atom stereocenters. The Hall–Kier alpha value is -1.84. The number of amides is 1. The zero-order chi connectivity index (χ0) is 15.4. The number of carbonyl (C=O) groups is 2. The van der Waals surface area contributed by atoms with Gasteiger partial charge in [-0.25, -0.2) is 0 Å². The van der Waals surface area contributed by atoms with Crippen molar-refractivity contribution in [3.63, 3.8) is 0 Å². The standard InChI is InChI=1S/C17H23NO3/c1-12-7-8-16(20)15(10-12)17(21)18-9-5-3-4-6-14(18)11-13(2)19/h7-8,10,14,20H,3-6,9,11H2,1-2H3. The summed E-state index contributed by atoms with van der Waals surface area (Å²) >= 11 is 0. The van der Waals surface area contributed by atoms with E-state index in [-0.39, 0.29) is 23.5 Å². The summed E-state index contributed by atoms with van der Waals surface area (Å²) in [6, 6.07) is 5.01. The van der Waals surface area contributed by atoms with Crippen LogP contribution in [0.1, 0.15) is 54.9 Å². The Balaban J connectivity index is 2.28. The molecule has 0 aromatic heterocycles. The molecule has 1 aliphatic rings.